The van der Waals surface area contributed by atoms with E-state index < -0.39 is 0 Å². The number of hydrazine groups is 1. The van der Waals surface area contributed by atoms with Crippen molar-refractivity contribution >= 4 is 15.9 Å². The van der Waals surface area contributed by atoms with Crippen LogP contribution in [0.25, 0.3) is 0 Å². The zero-order chi connectivity index (χ0) is 11.3. The van der Waals surface area contributed by atoms with Crippen molar-refractivity contribution < 1.29 is 4.74 Å². The molecule has 3 N–H and O–H groups in total. The number of hydrogen-bond donors (Lipinski definition) is 2. The predicted molar refractivity (Wildman–Crippen MR) is 65.4 cm³/mol. The van der Waals surface area contributed by atoms with Crippen molar-refractivity contribution in [3.8, 4) is 0 Å². The standard InChI is InChI=1S/C11H17BrN2O/c1-3-15-7-11(14-13)9-5-4-6-10(12)8(9)2/h4-6,11,14H,3,7,13H2,1-2H3. The number of nitrogens with two attached hydrogens (primary N) is 1. The molecule has 3 nitrogen and oxygen atoms in total. The summed E-state index contributed by atoms with van der Waals surface area (Å²) < 4.78 is 6.47. The Morgan fingerprint density at radius 1 is 1.53 bits per heavy atom. The van der Waals surface area contributed by atoms with Gasteiger partial charge in [0.25, 0.3) is 0 Å². The van der Waals surface area contributed by atoms with Crippen LogP contribution in [0.1, 0.15) is 24.1 Å². The molecule has 0 amide bonds. The SMILES string of the molecule is CCOCC(NN)c1cccc(Br)c1C. The number of ether oxygens (including phenoxy) is 1. The molecule has 1 unspecified atom stereocenters. The van der Waals surface area contributed by atoms with Crippen molar-refractivity contribution in [3.05, 3.63) is 33.8 Å². The van der Waals surface area contributed by atoms with Gasteiger partial charge >= 0.3 is 0 Å². The molecule has 0 aromatic heterocycles. The van der Waals surface area contributed by atoms with Gasteiger partial charge in [0.1, 0.15) is 0 Å². The molecular weight excluding hydrogens is 256 g/mol. The minimum absolute atomic E-state index is 0.0439. The molecule has 0 saturated heterocycles. The normalized spacial score (nSPS) is 12.8. The third kappa shape index (κ3) is 3.28. The Kier molecular flexibility index (Phi) is 5.25. The maximum absolute atomic E-state index is 5.52. The molecule has 0 fully saturated rings. The number of hydrogen-bond acceptors (Lipinski definition) is 3. The second-order valence-electron chi connectivity index (χ2n) is 3.33. The second kappa shape index (κ2) is 6.23. The third-order valence-corrected chi connectivity index (χ3v) is 3.23. The lowest BCUT2D eigenvalue weighted by atomic mass is 10.0. The molecule has 0 aliphatic rings. The first-order chi connectivity index (χ1) is 7.20. The monoisotopic (exact) mass is 272 g/mol. The van der Waals surface area contributed by atoms with E-state index in [1.54, 1.807) is 0 Å². The fraction of sp³-hybridized carbons (Fsp3) is 0.455. The Balaban J connectivity index is 2.86. The van der Waals surface area contributed by atoms with Crippen LogP contribution in [-0.4, -0.2) is 13.2 Å². The zero-order valence-corrected chi connectivity index (χ0v) is 10.7. The molecule has 1 aromatic rings. The first-order valence-electron chi connectivity index (χ1n) is 4.99. The summed E-state index contributed by atoms with van der Waals surface area (Å²) in [5, 5.41) is 0. The number of halogens is 1. The van der Waals surface area contributed by atoms with Crippen molar-refractivity contribution in [1.29, 1.82) is 0 Å². The van der Waals surface area contributed by atoms with E-state index in [0.717, 1.165) is 4.47 Å². The van der Waals surface area contributed by atoms with Crippen LogP contribution in [0.5, 0.6) is 0 Å². The molecule has 4 heteroatoms. The van der Waals surface area contributed by atoms with Gasteiger partial charge in [-0.1, -0.05) is 28.1 Å². The Hall–Kier alpha value is -0.420. The molecule has 1 atom stereocenters. The van der Waals surface area contributed by atoms with E-state index in [0.29, 0.717) is 13.2 Å². The molecule has 0 heterocycles. The van der Waals surface area contributed by atoms with Crippen LogP contribution in [0.2, 0.25) is 0 Å². The van der Waals surface area contributed by atoms with Crippen molar-refractivity contribution in [2.75, 3.05) is 13.2 Å². The van der Waals surface area contributed by atoms with E-state index in [1.165, 1.54) is 11.1 Å². The summed E-state index contributed by atoms with van der Waals surface area (Å²) in [4.78, 5) is 0. The fourth-order valence-electron chi connectivity index (χ4n) is 1.47. The molecule has 1 aromatic carbocycles. The molecule has 1 rings (SSSR count). The van der Waals surface area contributed by atoms with Gasteiger partial charge < -0.3 is 4.74 Å². The van der Waals surface area contributed by atoms with Crippen LogP contribution in [0.3, 0.4) is 0 Å². The van der Waals surface area contributed by atoms with Crippen molar-refractivity contribution in [1.82, 2.24) is 5.43 Å². The lowest BCUT2D eigenvalue weighted by molar-refractivity contribution is 0.123. The quantitative estimate of drug-likeness (QED) is 0.639. The maximum atomic E-state index is 5.52. The van der Waals surface area contributed by atoms with Crippen molar-refractivity contribution in [2.45, 2.75) is 19.9 Å². The lowest BCUT2D eigenvalue weighted by Gasteiger charge is -2.18. The second-order valence-corrected chi connectivity index (χ2v) is 4.19. The smallest absolute Gasteiger partial charge is 0.0696 e. The van der Waals surface area contributed by atoms with Crippen LogP contribution in [0.15, 0.2) is 22.7 Å². The van der Waals surface area contributed by atoms with Gasteiger partial charge in [0.05, 0.1) is 12.6 Å². The first kappa shape index (κ1) is 12.6. The van der Waals surface area contributed by atoms with Crippen molar-refractivity contribution in [3.63, 3.8) is 0 Å². The summed E-state index contributed by atoms with van der Waals surface area (Å²) in [6.45, 7) is 5.33. The molecular formula is C11H17BrN2O. The van der Waals surface area contributed by atoms with E-state index in [-0.39, 0.29) is 6.04 Å². The molecule has 15 heavy (non-hydrogen) atoms. The lowest BCUT2D eigenvalue weighted by Crippen LogP contribution is -2.32. The number of rotatable bonds is 5. The van der Waals surface area contributed by atoms with Gasteiger partial charge in [-0.2, -0.15) is 0 Å². The minimum Gasteiger partial charge on any atom is -0.380 e. The van der Waals surface area contributed by atoms with Crippen molar-refractivity contribution in [2.24, 2.45) is 5.84 Å². The topological polar surface area (TPSA) is 47.3 Å². The van der Waals surface area contributed by atoms with E-state index >= 15 is 0 Å². The van der Waals surface area contributed by atoms with Gasteiger partial charge in [0.15, 0.2) is 0 Å². The van der Waals surface area contributed by atoms with Gasteiger partial charge in [-0.3, -0.25) is 11.3 Å². The largest absolute Gasteiger partial charge is 0.380 e. The van der Waals surface area contributed by atoms with Gasteiger partial charge in [-0.15, -0.1) is 0 Å². The summed E-state index contributed by atoms with van der Waals surface area (Å²) >= 11 is 3.50. The van der Waals surface area contributed by atoms with Gasteiger partial charge in [0.2, 0.25) is 0 Å². The Morgan fingerprint density at radius 2 is 2.27 bits per heavy atom. The van der Waals surface area contributed by atoms with E-state index in [4.69, 9.17) is 10.6 Å². The van der Waals surface area contributed by atoms with Crippen LogP contribution < -0.4 is 11.3 Å². The summed E-state index contributed by atoms with van der Waals surface area (Å²) in [5.74, 6) is 5.52. The Labute approximate surface area is 99.1 Å². The highest BCUT2D eigenvalue weighted by molar-refractivity contribution is 9.10. The first-order valence-corrected chi connectivity index (χ1v) is 5.78. The van der Waals surface area contributed by atoms with Gasteiger partial charge in [0, 0.05) is 11.1 Å². The van der Waals surface area contributed by atoms with E-state index in [2.05, 4.69) is 34.3 Å². The number of benzene rings is 1. The Bertz CT molecular complexity index is 317. The molecule has 0 aliphatic carbocycles. The highest BCUT2D eigenvalue weighted by Gasteiger charge is 2.13. The van der Waals surface area contributed by atoms with Crippen LogP contribution in [0.4, 0.5) is 0 Å². The van der Waals surface area contributed by atoms with Gasteiger partial charge in [-0.25, -0.2) is 0 Å². The summed E-state index contributed by atoms with van der Waals surface area (Å²) in [6, 6.07) is 6.13. The highest BCUT2D eigenvalue weighted by atomic mass is 79.9. The molecule has 0 aliphatic heterocycles. The summed E-state index contributed by atoms with van der Waals surface area (Å²) in [6.07, 6.45) is 0. The minimum atomic E-state index is 0.0439. The zero-order valence-electron chi connectivity index (χ0n) is 9.09. The fourth-order valence-corrected chi connectivity index (χ4v) is 1.85. The third-order valence-electron chi connectivity index (χ3n) is 2.37. The highest BCUT2D eigenvalue weighted by Crippen LogP contribution is 2.24. The molecule has 0 bridgehead atoms. The van der Waals surface area contributed by atoms with Crippen LogP contribution in [0, 0.1) is 6.92 Å². The maximum Gasteiger partial charge on any atom is 0.0696 e. The molecule has 0 radical (unpaired) electrons. The van der Waals surface area contributed by atoms with E-state index in [9.17, 15) is 0 Å². The molecule has 0 saturated carbocycles. The molecule has 0 spiro atoms. The number of nitrogens with one attached hydrogen (secondary N) is 1. The van der Waals surface area contributed by atoms with Gasteiger partial charge in [-0.05, 0) is 31.0 Å². The summed E-state index contributed by atoms with van der Waals surface area (Å²) in [5.41, 5.74) is 5.14. The van der Waals surface area contributed by atoms with Crippen LogP contribution >= 0.6 is 15.9 Å². The predicted octanol–water partition coefficient (Wildman–Crippen LogP) is 2.30. The Morgan fingerprint density at radius 3 is 2.87 bits per heavy atom. The summed E-state index contributed by atoms with van der Waals surface area (Å²) in [7, 11) is 0. The average Bonchev–Trinajstić information content (AvgIpc) is 2.25. The molecule has 84 valence electrons. The average molecular weight is 273 g/mol. The van der Waals surface area contributed by atoms with Crippen LogP contribution in [-0.2, 0) is 4.74 Å². The van der Waals surface area contributed by atoms with E-state index in [1.807, 2.05) is 19.1 Å².